The highest BCUT2D eigenvalue weighted by molar-refractivity contribution is 9.10. The van der Waals surface area contributed by atoms with Crippen LogP contribution in [0.1, 0.15) is 37.8 Å². The van der Waals surface area contributed by atoms with Crippen molar-refractivity contribution in [3.63, 3.8) is 0 Å². The standard InChI is InChI=1S/C36H39BrClN3O5S/c1-3-5-23-39-36(43)34(24-27-9-7-6-8-10-27)40(25-28-11-15-30(38)16-12-28)35(42)26-41(31-17-19-32(20-18-31)46-4-2)47(44,45)33-21-13-29(37)14-22-33/h6-22,34H,3-5,23-26H2,1-2H3,(H,39,43)/t34-/m1/s1. The molecule has 4 aromatic carbocycles. The summed E-state index contributed by atoms with van der Waals surface area (Å²) in [5.41, 5.74) is 1.89. The van der Waals surface area contributed by atoms with Crippen molar-refractivity contribution in [3.05, 3.63) is 124 Å². The summed E-state index contributed by atoms with van der Waals surface area (Å²) >= 11 is 9.52. The lowest BCUT2D eigenvalue weighted by atomic mass is 10.0. The van der Waals surface area contributed by atoms with Crippen molar-refractivity contribution < 1.29 is 22.7 Å². The van der Waals surface area contributed by atoms with Crippen molar-refractivity contribution in [2.45, 2.75) is 50.6 Å². The highest BCUT2D eigenvalue weighted by Crippen LogP contribution is 2.28. The van der Waals surface area contributed by atoms with Gasteiger partial charge in [0.15, 0.2) is 0 Å². The molecule has 0 radical (unpaired) electrons. The van der Waals surface area contributed by atoms with Crippen molar-refractivity contribution >= 4 is 55.1 Å². The molecule has 0 heterocycles. The second-order valence-corrected chi connectivity index (χ2v) is 14.1. The Kier molecular flexibility index (Phi) is 13.3. The molecular formula is C36H39BrClN3O5S. The van der Waals surface area contributed by atoms with E-state index in [9.17, 15) is 18.0 Å². The van der Waals surface area contributed by atoms with Crippen LogP contribution in [0.25, 0.3) is 0 Å². The van der Waals surface area contributed by atoms with Gasteiger partial charge in [0.05, 0.1) is 17.2 Å². The first-order valence-electron chi connectivity index (χ1n) is 15.5. The summed E-state index contributed by atoms with van der Waals surface area (Å²) in [5, 5.41) is 3.53. The minimum atomic E-state index is -4.22. The minimum Gasteiger partial charge on any atom is -0.494 e. The van der Waals surface area contributed by atoms with Crippen molar-refractivity contribution in [2.75, 3.05) is 24.0 Å². The lowest BCUT2D eigenvalue weighted by Crippen LogP contribution is -2.53. The van der Waals surface area contributed by atoms with Gasteiger partial charge in [0.1, 0.15) is 18.3 Å². The number of halogens is 2. The summed E-state index contributed by atoms with van der Waals surface area (Å²) in [4.78, 5) is 29.9. The predicted molar refractivity (Wildman–Crippen MR) is 190 cm³/mol. The number of benzene rings is 4. The summed E-state index contributed by atoms with van der Waals surface area (Å²) in [6.07, 6.45) is 1.91. The van der Waals surface area contributed by atoms with Crippen LogP contribution in [0.15, 0.2) is 112 Å². The largest absolute Gasteiger partial charge is 0.494 e. The molecule has 0 aliphatic rings. The summed E-state index contributed by atoms with van der Waals surface area (Å²) in [5.74, 6) is -0.284. The van der Waals surface area contributed by atoms with E-state index in [4.69, 9.17) is 16.3 Å². The van der Waals surface area contributed by atoms with Crippen LogP contribution < -0.4 is 14.4 Å². The fraction of sp³-hybridized carbons (Fsp3) is 0.278. The predicted octanol–water partition coefficient (Wildman–Crippen LogP) is 7.25. The Balaban J connectivity index is 1.78. The molecule has 4 aromatic rings. The SMILES string of the molecule is CCCCNC(=O)[C@@H](Cc1ccccc1)N(Cc1ccc(Cl)cc1)C(=O)CN(c1ccc(OCC)cc1)S(=O)(=O)c1ccc(Br)cc1. The zero-order chi connectivity index (χ0) is 33.8. The van der Waals surface area contributed by atoms with Gasteiger partial charge in [0, 0.05) is 29.0 Å². The molecule has 0 aliphatic heterocycles. The van der Waals surface area contributed by atoms with Crippen LogP contribution in [0.2, 0.25) is 5.02 Å². The van der Waals surface area contributed by atoms with Gasteiger partial charge in [0.25, 0.3) is 10.0 Å². The first kappa shape index (κ1) is 36.0. The smallest absolute Gasteiger partial charge is 0.264 e. The molecule has 0 fully saturated rings. The number of rotatable bonds is 16. The number of nitrogens with zero attached hydrogens (tertiary/aromatic N) is 2. The molecule has 0 saturated carbocycles. The number of sulfonamides is 1. The summed E-state index contributed by atoms with van der Waals surface area (Å²) in [6.45, 7) is 4.31. The Morgan fingerprint density at radius 2 is 1.53 bits per heavy atom. The maximum Gasteiger partial charge on any atom is 0.264 e. The number of ether oxygens (including phenoxy) is 1. The Bertz CT molecular complexity index is 1700. The molecule has 0 unspecified atom stereocenters. The van der Waals surface area contributed by atoms with E-state index < -0.39 is 28.5 Å². The first-order chi connectivity index (χ1) is 22.6. The summed E-state index contributed by atoms with van der Waals surface area (Å²) < 4.78 is 35.8. The molecular weight excluding hydrogens is 702 g/mol. The Morgan fingerprint density at radius 1 is 0.872 bits per heavy atom. The summed E-state index contributed by atoms with van der Waals surface area (Å²) in [6, 6.07) is 28.3. The van der Waals surface area contributed by atoms with Crippen LogP contribution in [0, 0.1) is 0 Å². The minimum absolute atomic E-state index is 0.0183. The van der Waals surface area contributed by atoms with Gasteiger partial charge in [-0.15, -0.1) is 0 Å². The van der Waals surface area contributed by atoms with Gasteiger partial charge >= 0.3 is 0 Å². The van der Waals surface area contributed by atoms with E-state index in [1.165, 1.54) is 17.0 Å². The van der Waals surface area contributed by atoms with Gasteiger partial charge in [-0.3, -0.25) is 13.9 Å². The van der Waals surface area contributed by atoms with E-state index in [0.717, 1.165) is 28.3 Å². The number of carbonyl (C=O) groups excluding carboxylic acids is 2. The third kappa shape index (κ3) is 10.1. The van der Waals surface area contributed by atoms with Crippen LogP contribution in [-0.4, -0.2) is 50.9 Å². The second-order valence-electron chi connectivity index (χ2n) is 10.9. The number of hydrogen-bond donors (Lipinski definition) is 1. The van der Waals surface area contributed by atoms with Crippen molar-refractivity contribution in [3.8, 4) is 5.75 Å². The molecule has 47 heavy (non-hydrogen) atoms. The van der Waals surface area contributed by atoms with Gasteiger partial charge < -0.3 is 15.0 Å². The molecule has 0 spiro atoms. The van der Waals surface area contributed by atoms with E-state index >= 15 is 0 Å². The number of hydrogen-bond acceptors (Lipinski definition) is 5. The van der Waals surface area contributed by atoms with E-state index in [2.05, 4.69) is 21.2 Å². The average Bonchev–Trinajstić information content (AvgIpc) is 3.07. The third-order valence-electron chi connectivity index (χ3n) is 7.48. The van der Waals surface area contributed by atoms with Crippen LogP contribution in [0.5, 0.6) is 5.75 Å². The normalized spacial score (nSPS) is 11.8. The van der Waals surface area contributed by atoms with Crippen molar-refractivity contribution in [2.24, 2.45) is 0 Å². The lowest BCUT2D eigenvalue weighted by Gasteiger charge is -2.34. The highest BCUT2D eigenvalue weighted by atomic mass is 79.9. The van der Waals surface area contributed by atoms with E-state index in [1.54, 1.807) is 60.7 Å². The number of anilines is 1. The molecule has 0 aliphatic carbocycles. The molecule has 1 atom stereocenters. The van der Waals surface area contributed by atoms with Gasteiger partial charge in [-0.25, -0.2) is 8.42 Å². The second kappa shape index (κ2) is 17.3. The maximum absolute atomic E-state index is 14.5. The average molecular weight is 741 g/mol. The van der Waals surface area contributed by atoms with Crippen LogP contribution in [-0.2, 0) is 32.6 Å². The monoisotopic (exact) mass is 739 g/mol. The Labute approximate surface area is 290 Å². The zero-order valence-corrected chi connectivity index (χ0v) is 29.6. The summed E-state index contributed by atoms with van der Waals surface area (Å²) in [7, 11) is -4.22. The van der Waals surface area contributed by atoms with Gasteiger partial charge in [-0.1, -0.05) is 83.3 Å². The molecule has 2 amide bonds. The molecule has 11 heteroatoms. The lowest BCUT2D eigenvalue weighted by molar-refractivity contribution is -0.140. The van der Waals surface area contributed by atoms with Gasteiger partial charge in [-0.2, -0.15) is 0 Å². The Morgan fingerprint density at radius 3 is 2.15 bits per heavy atom. The third-order valence-corrected chi connectivity index (χ3v) is 10.1. The van der Waals surface area contributed by atoms with Gasteiger partial charge in [0.2, 0.25) is 11.8 Å². The van der Waals surface area contributed by atoms with E-state index in [-0.39, 0.29) is 29.5 Å². The van der Waals surface area contributed by atoms with Crippen LogP contribution in [0.4, 0.5) is 5.69 Å². The van der Waals surface area contributed by atoms with Crippen molar-refractivity contribution in [1.82, 2.24) is 10.2 Å². The van der Waals surface area contributed by atoms with Crippen molar-refractivity contribution in [1.29, 1.82) is 0 Å². The molecule has 0 bridgehead atoms. The molecule has 0 aromatic heterocycles. The zero-order valence-electron chi connectivity index (χ0n) is 26.4. The van der Waals surface area contributed by atoms with Crippen LogP contribution in [0.3, 0.4) is 0 Å². The van der Waals surface area contributed by atoms with Crippen LogP contribution >= 0.6 is 27.5 Å². The quantitative estimate of drug-likeness (QED) is 0.122. The molecule has 248 valence electrons. The fourth-order valence-electron chi connectivity index (χ4n) is 4.98. The van der Waals surface area contributed by atoms with Gasteiger partial charge in [-0.05, 0) is 85.1 Å². The molecule has 4 rings (SSSR count). The van der Waals surface area contributed by atoms with E-state index in [0.29, 0.717) is 28.4 Å². The highest BCUT2D eigenvalue weighted by Gasteiger charge is 2.34. The number of carbonyl (C=O) groups is 2. The molecule has 0 saturated heterocycles. The number of nitrogens with one attached hydrogen (secondary N) is 1. The maximum atomic E-state index is 14.5. The molecule has 1 N–H and O–H groups in total. The number of amides is 2. The Hall–Kier alpha value is -3.86. The first-order valence-corrected chi connectivity index (χ1v) is 18.1. The van der Waals surface area contributed by atoms with E-state index in [1.807, 2.05) is 44.2 Å². The number of unbranched alkanes of at least 4 members (excludes halogenated alkanes) is 1. The topological polar surface area (TPSA) is 96.0 Å². The molecule has 8 nitrogen and oxygen atoms in total. The fourth-order valence-corrected chi connectivity index (χ4v) is 6.79.